The van der Waals surface area contributed by atoms with Crippen molar-refractivity contribution in [1.82, 2.24) is 0 Å². The normalized spacial score (nSPS) is 11.5. The topological polar surface area (TPSA) is 87.7 Å². The zero-order chi connectivity index (χ0) is 14.6. The van der Waals surface area contributed by atoms with Gasteiger partial charge in [-0.3, -0.25) is 4.79 Å². The summed E-state index contributed by atoms with van der Waals surface area (Å²) in [6, 6.07) is 4.63. The van der Waals surface area contributed by atoms with Gasteiger partial charge in [-0.1, -0.05) is 20.4 Å². The van der Waals surface area contributed by atoms with E-state index in [2.05, 4.69) is 16.9 Å². The van der Waals surface area contributed by atoms with E-state index in [-0.39, 0.29) is 17.6 Å². The predicted octanol–water partition coefficient (Wildman–Crippen LogP) is 2.55. The number of nitrogens with one attached hydrogen (secondary N) is 1. The molecule has 1 rings (SSSR count). The Morgan fingerprint density at radius 2 is 2.11 bits per heavy atom. The van der Waals surface area contributed by atoms with E-state index in [1.807, 2.05) is 0 Å². The molecule has 0 aliphatic carbocycles. The summed E-state index contributed by atoms with van der Waals surface area (Å²) in [6.07, 6.45) is 0. The van der Waals surface area contributed by atoms with Gasteiger partial charge in [0.15, 0.2) is 0 Å². The molecule has 0 unspecified atom stereocenters. The molecule has 1 amide bonds. The maximum Gasteiger partial charge on any atom is 0.227 e. The van der Waals surface area contributed by atoms with Crippen LogP contribution in [0.25, 0.3) is 0 Å². The van der Waals surface area contributed by atoms with E-state index in [1.54, 1.807) is 32.9 Å². The number of aliphatic imine (C=N–C) groups is 1. The average molecular weight is 261 g/mol. The van der Waals surface area contributed by atoms with Crippen molar-refractivity contribution in [3.8, 4) is 5.75 Å². The van der Waals surface area contributed by atoms with Crippen LogP contribution in [0.3, 0.4) is 0 Å². The van der Waals surface area contributed by atoms with E-state index in [1.165, 1.54) is 6.07 Å². The molecule has 0 fully saturated rings. The van der Waals surface area contributed by atoms with Crippen molar-refractivity contribution in [3.05, 3.63) is 30.4 Å². The van der Waals surface area contributed by atoms with Gasteiger partial charge >= 0.3 is 0 Å². The third-order valence-electron chi connectivity index (χ3n) is 2.45. The summed E-state index contributed by atoms with van der Waals surface area (Å²) < 4.78 is 0. The van der Waals surface area contributed by atoms with Crippen LogP contribution in [0.15, 0.2) is 35.3 Å². The van der Waals surface area contributed by atoms with Crippen molar-refractivity contribution >= 4 is 23.1 Å². The number of amides is 1. The number of hydrogen-bond acceptors (Lipinski definition) is 3. The zero-order valence-electron chi connectivity index (χ0n) is 11.4. The third kappa shape index (κ3) is 4.13. The van der Waals surface area contributed by atoms with E-state index in [0.717, 1.165) is 0 Å². The highest BCUT2D eigenvalue weighted by atomic mass is 16.3. The zero-order valence-corrected chi connectivity index (χ0v) is 11.4. The molecule has 0 radical (unpaired) electrons. The van der Waals surface area contributed by atoms with Crippen molar-refractivity contribution < 1.29 is 9.90 Å². The van der Waals surface area contributed by atoms with E-state index in [9.17, 15) is 9.90 Å². The molecule has 1 aromatic rings. The van der Waals surface area contributed by atoms with Gasteiger partial charge in [-0.2, -0.15) is 0 Å². The highest BCUT2D eigenvalue weighted by molar-refractivity contribution is 5.98. The van der Waals surface area contributed by atoms with Gasteiger partial charge in [0.1, 0.15) is 11.6 Å². The SMILES string of the molecule is C=C(C)C(N)=Nc1ccc(O)c(NC(=O)C(C)C)c1. The van der Waals surface area contributed by atoms with E-state index < -0.39 is 0 Å². The summed E-state index contributed by atoms with van der Waals surface area (Å²) in [7, 11) is 0. The second-order valence-electron chi connectivity index (χ2n) is 4.62. The number of carbonyl (C=O) groups excluding carboxylic acids is 1. The minimum absolute atomic E-state index is 0.0122. The van der Waals surface area contributed by atoms with Crippen LogP contribution in [0.4, 0.5) is 11.4 Å². The molecule has 0 aromatic heterocycles. The molecule has 0 saturated carbocycles. The number of benzene rings is 1. The molecule has 0 aliphatic rings. The van der Waals surface area contributed by atoms with Gasteiger partial charge in [0.2, 0.25) is 5.91 Å². The second-order valence-corrected chi connectivity index (χ2v) is 4.62. The molecule has 0 saturated heterocycles. The number of nitrogens with zero attached hydrogens (tertiary/aromatic N) is 1. The van der Waals surface area contributed by atoms with Crippen LogP contribution in [0.5, 0.6) is 5.75 Å². The Kier molecular flexibility index (Phi) is 4.69. The summed E-state index contributed by atoms with van der Waals surface area (Å²) in [5, 5.41) is 12.3. The Morgan fingerprint density at radius 1 is 1.47 bits per heavy atom. The molecule has 0 bridgehead atoms. The van der Waals surface area contributed by atoms with Gasteiger partial charge in [-0.05, 0) is 30.7 Å². The number of anilines is 1. The van der Waals surface area contributed by atoms with Gasteiger partial charge < -0.3 is 16.2 Å². The van der Waals surface area contributed by atoms with Crippen LogP contribution in [0.2, 0.25) is 0 Å². The third-order valence-corrected chi connectivity index (χ3v) is 2.45. The number of rotatable bonds is 4. The number of aromatic hydroxyl groups is 1. The first-order valence-electron chi connectivity index (χ1n) is 5.95. The summed E-state index contributed by atoms with van der Waals surface area (Å²) in [4.78, 5) is 15.8. The summed E-state index contributed by atoms with van der Waals surface area (Å²) in [5.74, 6) is -0.0509. The van der Waals surface area contributed by atoms with Crippen LogP contribution in [-0.2, 0) is 4.79 Å². The fourth-order valence-corrected chi connectivity index (χ4v) is 1.21. The standard InChI is InChI=1S/C14H19N3O2/c1-8(2)13(15)16-10-5-6-12(18)11(7-10)17-14(19)9(3)4/h5-7,9,18H,1H2,2-4H3,(H2,15,16)(H,17,19). The highest BCUT2D eigenvalue weighted by Crippen LogP contribution is 2.28. The number of hydrogen-bond donors (Lipinski definition) is 3. The maximum absolute atomic E-state index is 11.6. The molecule has 1 aromatic carbocycles. The average Bonchev–Trinajstić information content (AvgIpc) is 2.32. The van der Waals surface area contributed by atoms with Gasteiger partial charge in [-0.15, -0.1) is 0 Å². The quantitative estimate of drug-likeness (QED) is 0.442. The Balaban J connectivity index is 3.04. The van der Waals surface area contributed by atoms with Crippen LogP contribution < -0.4 is 11.1 Å². The fourth-order valence-electron chi connectivity index (χ4n) is 1.21. The molecular formula is C14H19N3O2. The maximum atomic E-state index is 11.6. The number of phenols is 1. The molecule has 4 N–H and O–H groups in total. The Labute approximate surface area is 112 Å². The molecular weight excluding hydrogens is 242 g/mol. The summed E-state index contributed by atoms with van der Waals surface area (Å²) in [5.41, 5.74) is 7.19. The lowest BCUT2D eigenvalue weighted by Crippen LogP contribution is -2.17. The minimum atomic E-state index is -0.177. The van der Waals surface area contributed by atoms with Crippen LogP contribution in [0, 0.1) is 5.92 Å². The summed E-state index contributed by atoms with van der Waals surface area (Å²) >= 11 is 0. The smallest absolute Gasteiger partial charge is 0.227 e. The largest absolute Gasteiger partial charge is 0.506 e. The Hall–Kier alpha value is -2.30. The first-order valence-corrected chi connectivity index (χ1v) is 5.95. The van der Waals surface area contributed by atoms with Gasteiger partial charge in [0.25, 0.3) is 0 Å². The van der Waals surface area contributed by atoms with Gasteiger partial charge in [0, 0.05) is 5.92 Å². The van der Waals surface area contributed by atoms with E-state index in [4.69, 9.17) is 5.73 Å². The molecule has 0 heterocycles. The van der Waals surface area contributed by atoms with Crippen LogP contribution in [0.1, 0.15) is 20.8 Å². The second kappa shape index (κ2) is 6.04. The predicted molar refractivity (Wildman–Crippen MR) is 77.7 cm³/mol. The Bertz CT molecular complexity index is 533. The van der Waals surface area contributed by atoms with E-state index >= 15 is 0 Å². The van der Waals surface area contributed by atoms with Crippen molar-refractivity contribution in [2.24, 2.45) is 16.6 Å². The van der Waals surface area contributed by atoms with Crippen LogP contribution >= 0.6 is 0 Å². The monoisotopic (exact) mass is 261 g/mol. The van der Waals surface area contributed by atoms with Gasteiger partial charge in [-0.25, -0.2) is 4.99 Å². The minimum Gasteiger partial charge on any atom is -0.506 e. The number of nitrogens with two attached hydrogens (primary N) is 1. The number of phenolic OH excluding ortho intramolecular Hbond substituents is 1. The molecule has 102 valence electrons. The van der Waals surface area contributed by atoms with Crippen molar-refractivity contribution in [3.63, 3.8) is 0 Å². The first-order chi connectivity index (χ1) is 8.81. The highest BCUT2D eigenvalue weighted by Gasteiger charge is 2.10. The lowest BCUT2D eigenvalue weighted by molar-refractivity contribution is -0.118. The number of amidine groups is 1. The Morgan fingerprint density at radius 3 is 2.63 bits per heavy atom. The van der Waals surface area contributed by atoms with E-state index in [0.29, 0.717) is 22.8 Å². The van der Waals surface area contributed by atoms with Crippen molar-refractivity contribution in [1.29, 1.82) is 0 Å². The molecule has 0 spiro atoms. The molecule has 19 heavy (non-hydrogen) atoms. The van der Waals surface area contributed by atoms with Crippen molar-refractivity contribution in [2.75, 3.05) is 5.32 Å². The molecule has 5 heteroatoms. The lowest BCUT2D eigenvalue weighted by atomic mass is 10.2. The number of carbonyl (C=O) groups is 1. The van der Waals surface area contributed by atoms with Crippen LogP contribution in [-0.4, -0.2) is 16.8 Å². The first kappa shape index (κ1) is 14.8. The van der Waals surface area contributed by atoms with Crippen molar-refractivity contribution in [2.45, 2.75) is 20.8 Å². The lowest BCUT2D eigenvalue weighted by Gasteiger charge is -2.10. The van der Waals surface area contributed by atoms with Gasteiger partial charge in [0.05, 0.1) is 11.4 Å². The molecule has 0 aliphatic heterocycles. The fraction of sp³-hybridized carbons (Fsp3) is 0.286. The molecule has 0 atom stereocenters. The summed E-state index contributed by atoms with van der Waals surface area (Å²) in [6.45, 7) is 8.98. The molecule has 5 nitrogen and oxygen atoms in total.